The first-order valence-corrected chi connectivity index (χ1v) is 5.83. The second-order valence-electron chi connectivity index (χ2n) is 4.09. The number of allylic oxidation sites excluding steroid dienone is 4. The van der Waals surface area contributed by atoms with Crippen LogP contribution in [0.5, 0.6) is 0 Å². The van der Waals surface area contributed by atoms with Crippen molar-refractivity contribution in [3.8, 4) is 6.07 Å². The van der Waals surface area contributed by atoms with E-state index in [0.717, 1.165) is 17.6 Å². The summed E-state index contributed by atoms with van der Waals surface area (Å²) in [6, 6.07) is 2.14. The lowest BCUT2D eigenvalue weighted by Crippen LogP contribution is -2.36. The van der Waals surface area contributed by atoms with E-state index in [1.807, 2.05) is 25.1 Å². The molecule has 0 unspecified atom stereocenters. The number of hydrogen-bond acceptors (Lipinski definition) is 5. The Balaban J connectivity index is 2.83. The Hall–Kier alpha value is -2.06. The second kappa shape index (κ2) is 6.62. The highest BCUT2D eigenvalue weighted by atomic mass is 15.4. The van der Waals surface area contributed by atoms with Crippen LogP contribution >= 0.6 is 0 Å². The summed E-state index contributed by atoms with van der Waals surface area (Å²) in [7, 11) is 1.89. The summed E-state index contributed by atoms with van der Waals surface area (Å²) in [6.07, 6.45) is 6.11. The summed E-state index contributed by atoms with van der Waals surface area (Å²) < 4.78 is 0. The number of nitriles is 1. The highest BCUT2D eigenvalue weighted by Gasteiger charge is 2.17. The first-order valence-electron chi connectivity index (χ1n) is 5.83. The minimum absolute atomic E-state index is 0.554. The van der Waals surface area contributed by atoms with Crippen molar-refractivity contribution < 1.29 is 0 Å². The van der Waals surface area contributed by atoms with Crippen molar-refractivity contribution in [1.82, 2.24) is 10.0 Å². The summed E-state index contributed by atoms with van der Waals surface area (Å²) in [6.45, 7) is 6.83. The highest BCUT2D eigenvalue weighted by molar-refractivity contribution is 5.69. The van der Waals surface area contributed by atoms with E-state index in [-0.39, 0.29) is 0 Å². The Kier molecular flexibility index (Phi) is 5.15. The van der Waals surface area contributed by atoms with Crippen LogP contribution < -0.4 is 5.84 Å². The van der Waals surface area contributed by atoms with Gasteiger partial charge in [0.05, 0.1) is 13.1 Å². The Morgan fingerprint density at radius 2 is 2.44 bits per heavy atom. The van der Waals surface area contributed by atoms with E-state index in [1.54, 1.807) is 12.3 Å². The van der Waals surface area contributed by atoms with Gasteiger partial charge in [-0.3, -0.25) is 10.0 Å². The molecule has 1 heterocycles. The van der Waals surface area contributed by atoms with E-state index >= 15 is 0 Å². The van der Waals surface area contributed by atoms with Gasteiger partial charge in [-0.2, -0.15) is 10.4 Å². The smallest absolute Gasteiger partial charge is 0.133 e. The number of rotatable bonds is 5. The largest absolute Gasteiger partial charge is 0.297 e. The molecule has 1 aliphatic rings. The van der Waals surface area contributed by atoms with Crippen LogP contribution in [0.25, 0.3) is 0 Å². The topological polar surface area (TPSA) is 68.7 Å². The monoisotopic (exact) mass is 245 g/mol. The molecule has 5 nitrogen and oxygen atoms in total. The summed E-state index contributed by atoms with van der Waals surface area (Å²) in [5, 5.41) is 16.5. The van der Waals surface area contributed by atoms with Gasteiger partial charge >= 0.3 is 0 Å². The van der Waals surface area contributed by atoms with Crippen molar-refractivity contribution in [2.45, 2.75) is 13.3 Å². The molecule has 1 rings (SSSR count). The molecule has 0 spiro atoms. The van der Waals surface area contributed by atoms with Crippen molar-refractivity contribution in [3.05, 3.63) is 35.6 Å². The van der Waals surface area contributed by atoms with E-state index in [9.17, 15) is 0 Å². The number of nitrogens with two attached hydrogens (primary N) is 1. The molecule has 0 bridgehead atoms. The SMILES string of the molecule is C=C/C=N\N(C)CC1=CC(CC)=C(C#N)N(N)C1. The van der Waals surface area contributed by atoms with Crippen molar-refractivity contribution in [2.75, 3.05) is 20.1 Å². The number of hydrazine groups is 1. The number of hydrogen-bond donors (Lipinski definition) is 1. The average Bonchev–Trinajstić information content (AvgIpc) is 2.35. The summed E-state index contributed by atoms with van der Waals surface area (Å²) in [4.78, 5) is 0. The molecule has 96 valence electrons. The first-order chi connectivity index (χ1) is 8.62. The molecular formula is C13H19N5. The van der Waals surface area contributed by atoms with Crippen LogP contribution in [0.4, 0.5) is 0 Å². The lowest BCUT2D eigenvalue weighted by atomic mass is 10.0. The minimum Gasteiger partial charge on any atom is -0.297 e. The van der Waals surface area contributed by atoms with Gasteiger partial charge in [0, 0.05) is 13.3 Å². The quantitative estimate of drug-likeness (QED) is 0.451. The second-order valence-corrected chi connectivity index (χ2v) is 4.09. The Morgan fingerprint density at radius 1 is 1.72 bits per heavy atom. The summed E-state index contributed by atoms with van der Waals surface area (Å²) in [5.41, 5.74) is 2.66. The Morgan fingerprint density at radius 3 is 3.00 bits per heavy atom. The molecule has 0 fully saturated rings. The van der Waals surface area contributed by atoms with Crippen LogP contribution in [0.2, 0.25) is 0 Å². The number of nitrogens with zero attached hydrogens (tertiary/aromatic N) is 4. The van der Waals surface area contributed by atoms with Crippen LogP contribution in [-0.2, 0) is 0 Å². The fourth-order valence-electron chi connectivity index (χ4n) is 1.84. The van der Waals surface area contributed by atoms with Gasteiger partial charge < -0.3 is 0 Å². The molecule has 0 aliphatic carbocycles. The molecule has 0 aromatic carbocycles. The molecule has 0 atom stereocenters. The highest BCUT2D eigenvalue weighted by Crippen LogP contribution is 2.20. The van der Waals surface area contributed by atoms with Crippen molar-refractivity contribution in [3.63, 3.8) is 0 Å². The first kappa shape index (κ1) is 14.0. The van der Waals surface area contributed by atoms with Crippen LogP contribution in [0, 0.1) is 11.3 Å². The van der Waals surface area contributed by atoms with Crippen molar-refractivity contribution >= 4 is 6.21 Å². The lowest BCUT2D eigenvalue weighted by molar-refractivity contribution is 0.344. The zero-order valence-corrected chi connectivity index (χ0v) is 10.9. The zero-order chi connectivity index (χ0) is 13.5. The van der Waals surface area contributed by atoms with Gasteiger partial charge in [-0.05, 0) is 23.6 Å². The fraction of sp³-hybridized carbons (Fsp3) is 0.385. The molecule has 0 saturated heterocycles. The van der Waals surface area contributed by atoms with Gasteiger partial charge in [-0.25, -0.2) is 5.84 Å². The maximum atomic E-state index is 9.04. The van der Waals surface area contributed by atoms with Gasteiger partial charge in [0.2, 0.25) is 0 Å². The van der Waals surface area contributed by atoms with Gasteiger partial charge in [0.1, 0.15) is 11.8 Å². The predicted octanol–water partition coefficient (Wildman–Crippen LogP) is 1.39. The molecule has 0 saturated carbocycles. The van der Waals surface area contributed by atoms with Crippen LogP contribution in [-0.4, -0.2) is 36.4 Å². The maximum absolute atomic E-state index is 9.04. The van der Waals surface area contributed by atoms with Crippen LogP contribution in [0.1, 0.15) is 13.3 Å². The van der Waals surface area contributed by atoms with Crippen LogP contribution in [0.3, 0.4) is 0 Å². The molecule has 18 heavy (non-hydrogen) atoms. The molecular weight excluding hydrogens is 226 g/mol. The molecule has 0 aromatic heterocycles. The lowest BCUT2D eigenvalue weighted by Gasteiger charge is -2.27. The Bertz CT molecular complexity index is 439. The number of likely N-dealkylation sites (N-methyl/N-ethyl adjacent to an activating group) is 1. The zero-order valence-electron chi connectivity index (χ0n) is 10.9. The third kappa shape index (κ3) is 3.47. The molecule has 0 amide bonds. The Labute approximate surface area is 108 Å². The number of hydrazone groups is 1. The van der Waals surface area contributed by atoms with Crippen LogP contribution in [0.15, 0.2) is 40.7 Å². The minimum atomic E-state index is 0.554. The third-order valence-electron chi connectivity index (χ3n) is 2.63. The molecule has 0 radical (unpaired) electrons. The van der Waals surface area contributed by atoms with Crippen molar-refractivity contribution in [1.29, 1.82) is 5.26 Å². The van der Waals surface area contributed by atoms with E-state index in [4.69, 9.17) is 11.1 Å². The third-order valence-corrected chi connectivity index (χ3v) is 2.63. The van der Waals surface area contributed by atoms with Gasteiger partial charge in [-0.1, -0.05) is 19.6 Å². The van der Waals surface area contributed by atoms with E-state index < -0.39 is 0 Å². The molecule has 2 N–H and O–H groups in total. The molecule has 1 aliphatic heterocycles. The van der Waals surface area contributed by atoms with Gasteiger partial charge in [-0.15, -0.1) is 0 Å². The van der Waals surface area contributed by atoms with E-state index in [0.29, 0.717) is 18.8 Å². The predicted molar refractivity (Wildman–Crippen MR) is 73.2 cm³/mol. The van der Waals surface area contributed by atoms with E-state index in [1.165, 1.54) is 5.01 Å². The summed E-state index contributed by atoms with van der Waals surface area (Å²) >= 11 is 0. The fourth-order valence-corrected chi connectivity index (χ4v) is 1.84. The van der Waals surface area contributed by atoms with E-state index in [2.05, 4.69) is 17.7 Å². The normalized spacial score (nSPS) is 15.7. The standard InChI is InChI=1S/C13H19N5/c1-4-6-16-17(3)9-11-7-12(5-2)13(8-14)18(15)10-11/h4,6-7H,1,5,9-10,15H2,2-3H3/b16-6-. The van der Waals surface area contributed by atoms with Gasteiger partial charge in [0.25, 0.3) is 0 Å². The van der Waals surface area contributed by atoms with Gasteiger partial charge in [0.15, 0.2) is 0 Å². The molecule has 0 aromatic rings. The van der Waals surface area contributed by atoms with Crippen molar-refractivity contribution in [2.24, 2.45) is 10.9 Å². The maximum Gasteiger partial charge on any atom is 0.133 e. The average molecular weight is 245 g/mol. The molecule has 5 heteroatoms. The summed E-state index contributed by atoms with van der Waals surface area (Å²) in [5.74, 6) is 5.86.